The van der Waals surface area contributed by atoms with E-state index in [2.05, 4.69) is 10.1 Å². The third kappa shape index (κ3) is 4.18. The van der Waals surface area contributed by atoms with E-state index in [1.807, 2.05) is 30.3 Å². The fraction of sp³-hybridized carbons (Fsp3) is 0.211. The van der Waals surface area contributed by atoms with E-state index in [0.29, 0.717) is 11.6 Å². The minimum atomic E-state index is -0.404. The van der Waals surface area contributed by atoms with Crippen molar-refractivity contribution in [2.24, 2.45) is 0 Å². The zero-order valence-electron chi connectivity index (χ0n) is 14.5. The molecule has 0 amide bonds. The summed E-state index contributed by atoms with van der Waals surface area (Å²) in [5, 5.41) is 3.89. The van der Waals surface area contributed by atoms with Crippen molar-refractivity contribution in [3.63, 3.8) is 0 Å². The van der Waals surface area contributed by atoms with Crippen molar-refractivity contribution in [3.8, 4) is 22.9 Å². The molecule has 0 N–H and O–H groups in total. The summed E-state index contributed by atoms with van der Waals surface area (Å²) in [5.74, 6) is 1.62. The summed E-state index contributed by atoms with van der Waals surface area (Å²) in [6.07, 6.45) is 0.101. The molecule has 0 unspecified atom stereocenters. The van der Waals surface area contributed by atoms with E-state index in [1.54, 1.807) is 32.4 Å². The van der Waals surface area contributed by atoms with Crippen LogP contribution in [0.15, 0.2) is 53.1 Å². The first-order chi connectivity index (χ1) is 12.7. The molecule has 2 aromatic carbocycles. The zero-order valence-corrected chi connectivity index (χ0v) is 14.5. The maximum Gasteiger partial charge on any atom is 0.310 e. The van der Waals surface area contributed by atoms with Gasteiger partial charge in [0.15, 0.2) is 6.61 Å². The van der Waals surface area contributed by atoms with Crippen LogP contribution in [0.3, 0.4) is 0 Å². The number of hydrogen-bond donors (Lipinski definition) is 0. The summed E-state index contributed by atoms with van der Waals surface area (Å²) < 4.78 is 20.7. The number of nitrogens with zero attached hydrogens (tertiary/aromatic N) is 2. The van der Waals surface area contributed by atoms with Crippen molar-refractivity contribution < 1.29 is 23.5 Å². The number of rotatable bonds is 7. The van der Waals surface area contributed by atoms with Gasteiger partial charge in [0.25, 0.3) is 5.89 Å². The molecule has 0 fully saturated rings. The molecule has 134 valence electrons. The Kier molecular flexibility index (Phi) is 5.48. The van der Waals surface area contributed by atoms with E-state index < -0.39 is 5.97 Å². The first kappa shape index (κ1) is 17.5. The van der Waals surface area contributed by atoms with E-state index in [4.69, 9.17) is 18.7 Å². The van der Waals surface area contributed by atoms with Gasteiger partial charge >= 0.3 is 5.97 Å². The van der Waals surface area contributed by atoms with Gasteiger partial charge in [-0.3, -0.25) is 4.79 Å². The van der Waals surface area contributed by atoms with Crippen LogP contribution in [0.4, 0.5) is 0 Å². The Morgan fingerprint density at radius 1 is 1.04 bits per heavy atom. The van der Waals surface area contributed by atoms with Crippen molar-refractivity contribution >= 4 is 5.97 Å². The SMILES string of the molecule is COc1ccc(-c2noc(COC(=O)Cc3ccccc3OC)n2)cc1. The minimum Gasteiger partial charge on any atom is -0.497 e. The van der Waals surface area contributed by atoms with Gasteiger partial charge in [0.2, 0.25) is 5.82 Å². The number of ether oxygens (including phenoxy) is 3. The predicted molar refractivity (Wildman–Crippen MR) is 92.8 cm³/mol. The second-order valence-electron chi connectivity index (χ2n) is 5.39. The molecule has 1 aromatic heterocycles. The highest BCUT2D eigenvalue weighted by atomic mass is 16.6. The molecule has 0 spiro atoms. The van der Waals surface area contributed by atoms with Crippen molar-refractivity contribution in [2.45, 2.75) is 13.0 Å². The molecule has 26 heavy (non-hydrogen) atoms. The smallest absolute Gasteiger partial charge is 0.310 e. The van der Waals surface area contributed by atoms with Gasteiger partial charge in [-0.05, 0) is 30.3 Å². The van der Waals surface area contributed by atoms with Crippen molar-refractivity contribution in [1.29, 1.82) is 0 Å². The third-order valence-corrected chi connectivity index (χ3v) is 3.70. The van der Waals surface area contributed by atoms with Crippen LogP contribution < -0.4 is 9.47 Å². The van der Waals surface area contributed by atoms with Gasteiger partial charge in [-0.1, -0.05) is 23.4 Å². The van der Waals surface area contributed by atoms with Crippen LogP contribution in [0.25, 0.3) is 11.4 Å². The lowest BCUT2D eigenvalue weighted by molar-refractivity contribution is -0.144. The minimum absolute atomic E-state index is 0.0862. The van der Waals surface area contributed by atoms with Gasteiger partial charge < -0.3 is 18.7 Å². The summed E-state index contributed by atoms with van der Waals surface area (Å²) in [6, 6.07) is 14.5. The van der Waals surface area contributed by atoms with E-state index in [0.717, 1.165) is 16.9 Å². The molecule has 7 heteroatoms. The second-order valence-corrected chi connectivity index (χ2v) is 5.39. The maximum atomic E-state index is 12.0. The maximum absolute atomic E-state index is 12.0. The third-order valence-electron chi connectivity index (χ3n) is 3.70. The molecule has 3 aromatic rings. The predicted octanol–water partition coefficient (Wildman–Crippen LogP) is 3.04. The molecule has 0 radical (unpaired) electrons. The van der Waals surface area contributed by atoms with Crippen LogP contribution in [-0.4, -0.2) is 30.3 Å². The van der Waals surface area contributed by atoms with Gasteiger partial charge in [-0.15, -0.1) is 0 Å². The van der Waals surface area contributed by atoms with Gasteiger partial charge in [-0.2, -0.15) is 4.98 Å². The average Bonchev–Trinajstić information content (AvgIpc) is 3.16. The number of esters is 1. The van der Waals surface area contributed by atoms with Gasteiger partial charge in [0, 0.05) is 11.1 Å². The highest BCUT2D eigenvalue weighted by Crippen LogP contribution is 2.20. The van der Waals surface area contributed by atoms with E-state index in [-0.39, 0.29) is 18.9 Å². The van der Waals surface area contributed by atoms with Crippen LogP contribution in [0, 0.1) is 0 Å². The summed E-state index contributed by atoms with van der Waals surface area (Å²) in [5.41, 5.74) is 1.53. The van der Waals surface area contributed by atoms with Gasteiger partial charge in [0.05, 0.1) is 20.6 Å². The summed E-state index contributed by atoms with van der Waals surface area (Å²) >= 11 is 0. The Labute approximate surface area is 150 Å². The van der Waals surface area contributed by atoms with Crippen molar-refractivity contribution in [2.75, 3.05) is 14.2 Å². The second kappa shape index (κ2) is 8.15. The highest BCUT2D eigenvalue weighted by Gasteiger charge is 2.13. The Balaban J connectivity index is 1.58. The van der Waals surface area contributed by atoms with E-state index >= 15 is 0 Å². The Bertz CT molecular complexity index is 874. The number of hydrogen-bond acceptors (Lipinski definition) is 7. The Morgan fingerprint density at radius 3 is 2.54 bits per heavy atom. The topological polar surface area (TPSA) is 83.7 Å². The molecule has 0 aliphatic carbocycles. The Morgan fingerprint density at radius 2 is 1.81 bits per heavy atom. The van der Waals surface area contributed by atoms with Crippen LogP contribution in [-0.2, 0) is 22.6 Å². The molecule has 0 atom stereocenters. The molecule has 1 heterocycles. The van der Waals surface area contributed by atoms with E-state index in [1.165, 1.54) is 0 Å². The van der Waals surface area contributed by atoms with Crippen LogP contribution in [0.5, 0.6) is 11.5 Å². The number of para-hydroxylation sites is 1. The molecular formula is C19H18N2O5. The number of methoxy groups -OCH3 is 2. The summed E-state index contributed by atoms with van der Waals surface area (Å²) in [7, 11) is 3.16. The molecule has 0 saturated heterocycles. The molecule has 0 aliphatic heterocycles. The Hall–Kier alpha value is -3.35. The molecular weight excluding hydrogens is 336 g/mol. The van der Waals surface area contributed by atoms with Gasteiger partial charge in [0.1, 0.15) is 11.5 Å². The first-order valence-corrected chi connectivity index (χ1v) is 7.94. The average molecular weight is 354 g/mol. The monoisotopic (exact) mass is 354 g/mol. The molecule has 0 saturated carbocycles. The van der Waals surface area contributed by atoms with Crippen molar-refractivity contribution in [1.82, 2.24) is 10.1 Å². The lowest BCUT2D eigenvalue weighted by Crippen LogP contribution is -2.09. The fourth-order valence-electron chi connectivity index (χ4n) is 2.37. The lowest BCUT2D eigenvalue weighted by atomic mass is 10.1. The zero-order chi connectivity index (χ0) is 18.4. The number of benzene rings is 2. The van der Waals surface area contributed by atoms with Crippen molar-refractivity contribution in [3.05, 3.63) is 60.0 Å². The van der Waals surface area contributed by atoms with Crippen LogP contribution in [0.1, 0.15) is 11.5 Å². The standard InChI is InChI=1S/C19H18N2O5/c1-23-15-9-7-13(8-10-15)19-20-17(26-21-19)12-25-18(22)11-14-5-3-4-6-16(14)24-2/h3-10H,11-12H2,1-2H3. The molecule has 7 nitrogen and oxygen atoms in total. The number of carbonyl (C=O) groups is 1. The van der Waals surface area contributed by atoms with Crippen LogP contribution >= 0.6 is 0 Å². The van der Waals surface area contributed by atoms with Gasteiger partial charge in [-0.25, -0.2) is 0 Å². The van der Waals surface area contributed by atoms with Crippen LogP contribution in [0.2, 0.25) is 0 Å². The molecule has 3 rings (SSSR count). The number of carbonyl (C=O) groups excluding carboxylic acids is 1. The largest absolute Gasteiger partial charge is 0.497 e. The molecule has 0 aliphatic rings. The highest BCUT2D eigenvalue weighted by molar-refractivity contribution is 5.73. The summed E-state index contributed by atoms with van der Waals surface area (Å²) in [4.78, 5) is 16.2. The molecule has 0 bridgehead atoms. The quantitative estimate of drug-likeness (QED) is 0.603. The first-order valence-electron chi connectivity index (χ1n) is 7.94. The summed E-state index contributed by atoms with van der Waals surface area (Å²) in [6.45, 7) is -0.0862. The fourth-order valence-corrected chi connectivity index (χ4v) is 2.37. The van der Waals surface area contributed by atoms with E-state index in [9.17, 15) is 4.79 Å². The lowest BCUT2D eigenvalue weighted by Gasteiger charge is -2.07. The normalized spacial score (nSPS) is 10.4. The number of aromatic nitrogens is 2.